The summed E-state index contributed by atoms with van der Waals surface area (Å²) in [4.78, 5) is 19.4. The molecule has 1 saturated heterocycles. The topological polar surface area (TPSA) is 45.2 Å². The van der Waals surface area contributed by atoms with Crippen LogP contribution in [-0.2, 0) is 11.2 Å². The number of carbonyl (C=O) groups is 1. The van der Waals surface area contributed by atoms with E-state index in [1.54, 1.807) is 11.3 Å². The number of hydrogen-bond donors (Lipinski definition) is 1. The fourth-order valence-electron chi connectivity index (χ4n) is 3.60. The van der Waals surface area contributed by atoms with Crippen LogP contribution >= 0.6 is 11.3 Å². The number of amides is 1. The molecule has 2 heterocycles. The smallest absolute Gasteiger partial charge is 0.220 e. The average molecular weight is 374 g/mol. The normalized spacial score (nSPS) is 16.1. The first-order valence-corrected chi connectivity index (χ1v) is 10.7. The van der Waals surface area contributed by atoms with Gasteiger partial charge in [0.25, 0.3) is 0 Å². The zero-order chi connectivity index (χ0) is 18.4. The van der Waals surface area contributed by atoms with Gasteiger partial charge in [-0.05, 0) is 71.2 Å². The van der Waals surface area contributed by atoms with Crippen LogP contribution in [0, 0.1) is 0 Å². The van der Waals surface area contributed by atoms with Crippen LogP contribution in [0.3, 0.4) is 0 Å². The molecule has 1 aliphatic heterocycles. The first-order valence-electron chi connectivity index (χ1n) is 9.91. The minimum atomic E-state index is 0.0527. The summed E-state index contributed by atoms with van der Waals surface area (Å²) in [6.07, 6.45) is 7.42. The summed E-state index contributed by atoms with van der Waals surface area (Å²) in [7, 11) is 0. The number of carbonyl (C=O) groups excluding carboxylic acids is 1. The van der Waals surface area contributed by atoms with E-state index < -0.39 is 0 Å². The van der Waals surface area contributed by atoms with Crippen LogP contribution in [0.2, 0.25) is 0 Å². The van der Waals surface area contributed by atoms with Crippen molar-refractivity contribution in [3.8, 4) is 0 Å². The molecule has 3 rings (SSSR count). The molecular weight excluding hydrogens is 342 g/mol. The summed E-state index contributed by atoms with van der Waals surface area (Å²) in [6, 6.07) is 8.27. The predicted molar refractivity (Wildman–Crippen MR) is 110 cm³/mol. The Morgan fingerprint density at radius 1 is 1.19 bits per heavy atom. The van der Waals surface area contributed by atoms with Gasteiger partial charge in [-0.25, -0.2) is 4.98 Å². The minimum absolute atomic E-state index is 0.0527. The van der Waals surface area contributed by atoms with Crippen LogP contribution in [0.15, 0.2) is 24.3 Å². The number of piperidine rings is 1. The second kappa shape index (κ2) is 8.96. The number of benzene rings is 1. The summed E-state index contributed by atoms with van der Waals surface area (Å²) in [6.45, 7) is 7.54. The lowest BCUT2D eigenvalue weighted by Gasteiger charge is -2.41. The molecule has 1 N–H and O–H groups in total. The molecule has 0 radical (unpaired) electrons. The Labute approximate surface area is 161 Å². The number of likely N-dealkylation sites (tertiary alicyclic amines) is 1. The lowest BCUT2D eigenvalue weighted by Crippen LogP contribution is -2.53. The fraction of sp³-hybridized carbons (Fsp3) is 0.619. The highest BCUT2D eigenvalue weighted by atomic mass is 32.1. The Morgan fingerprint density at radius 2 is 1.96 bits per heavy atom. The molecule has 142 valence electrons. The lowest BCUT2D eigenvalue weighted by atomic mass is 9.98. The highest BCUT2D eigenvalue weighted by Crippen LogP contribution is 2.23. The van der Waals surface area contributed by atoms with Crippen LogP contribution in [-0.4, -0.2) is 41.0 Å². The number of aromatic nitrogens is 1. The monoisotopic (exact) mass is 373 g/mol. The van der Waals surface area contributed by atoms with E-state index >= 15 is 0 Å². The van der Waals surface area contributed by atoms with Gasteiger partial charge in [0, 0.05) is 18.5 Å². The Morgan fingerprint density at radius 3 is 2.73 bits per heavy atom. The van der Waals surface area contributed by atoms with Crippen LogP contribution < -0.4 is 5.32 Å². The van der Waals surface area contributed by atoms with Crippen molar-refractivity contribution in [2.24, 2.45) is 0 Å². The molecule has 4 nitrogen and oxygen atoms in total. The van der Waals surface area contributed by atoms with Gasteiger partial charge in [-0.15, -0.1) is 11.3 Å². The molecule has 2 aromatic rings. The van der Waals surface area contributed by atoms with Crippen LogP contribution in [0.1, 0.15) is 57.4 Å². The number of para-hydroxylation sites is 1. The summed E-state index contributed by atoms with van der Waals surface area (Å²) in [5.74, 6) is 0.180. The largest absolute Gasteiger partial charge is 0.354 e. The summed E-state index contributed by atoms with van der Waals surface area (Å²) in [5.41, 5.74) is 1.14. The van der Waals surface area contributed by atoms with E-state index in [1.807, 2.05) is 6.07 Å². The lowest BCUT2D eigenvalue weighted by molar-refractivity contribution is -0.121. The standard InChI is InChI=1S/C21H31N3OS/c1-21(2,24-14-8-3-9-15-24)16-22-19(25)12-6-7-13-20-23-17-10-4-5-11-18(17)26-20/h4-5,10-11H,3,6-9,12-16H2,1-2H3,(H,22,25). The SMILES string of the molecule is CC(C)(CNC(=O)CCCCc1nc2ccccc2s1)N1CCCCC1. The molecule has 0 aliphatic carbocycles. The number of fused-ring (bicyclic) bond motifs is 1. The van der Waals surface area contributed by atoms with Crippen molar-refractivity contribution in [2.45, 2.75) is 64.3 Å². The molecule has 0 unspecified atom stereocenters. The summed E-state index contributed by atoms with van der Waals surface area (Å²) >= 11 is 1.77. The zero-order valence-electron chi connectivity index (χ0n) is 16.1. The van der Waals surface area contributed by atoms with E-state index in [9.17, 15) is 4.79 Å². The Kier molecular flexibility index (Phi) is 6.65. The molecule has 5 heteroatoms. The van der Waals surface area contributed by atoms with E-state index in [0.29, 0.717) is 6.42 Å². The predicted octanol–water partition coefficient (Wildman–Crippen LogP) is 4.39. The molecule has 0 spiro atoms. The van der Waals surface area contributed by atoms with Crippen LogP contribution in [0.25, 0.3) is 10.2 Å². The van der Waals surface area contributed by atoms with Gasteiger partial charge in [-0.2, -0.15) is 0 Å². The van der Waals surface area contributed by atoms with Crippen molar-refractivity contribution >= 4 is 27.5 Å². The van der Waals surface area contributed by atoms with Gasteiger partial charge in [0.2, 0.25) is 5.91 Å². The van der Waals surface area contributed by atoms with E-state index in [-0.39, 0.29) is 11.4 Å². The average Bonchev–Trinajstić information content (AvgIpc) is 3.07. The van der Waals surface area contributed by atoms with Gasteiger partial charge >= 0.3 is 0 Å². The fourth-order valence-corrected chi connectivity index (χ4v) is 4.61. The van der Waals surface area contributed by atoms with Crippen molar-refractivity contribution in [3.05, 3.63) is 29.3 Å². The van der Waals surface area contributed by atoms with Crippen molar-refractivity contribution in [2.75, 3.05) is 19.6 Å². The summed E-state index contributed by atoms with van der Waals surface area (Å²) in [5, 5.41) is 4.33. The number of rotatable bonds is 8. The van der Waals surface area contributed by atoms with Gasteiger partial charge in [-0.1, -0.05) is 18.6 Å². The maximum absolute atomic E-state index is 12.2. The molecule has 1 aromatic carbocycles. The van der Waals surface area contributed by atoms with Gasteiger partial charge < -0.3 is 5.32 Å². The van der Waals surface area contributed by atoms with E-state index in [0.717, 1.165) is 44.4 Å². The second-order valence-electron chi connectivity index (χ2n) is 7.92. The first-order chi connectivity index (χ1) is 12.5. The quantitative estimate of drug-likeness (QED) is 0.698. The maximum Gasteiger partial charge on any atom is 0.220 e. The number of unbranched alkanes of at least 4 members (excludes halogenated alkanes) is 1. The Balaban J connectivity index is 1.34. The highest BCUT2D eigenvalue weighted by Gasteiger charge is 2.28. The molecule has 0 saturated carbocycles. The number of aryl methyl sites for hydroxylation is 1. The van der Waals surface area contributed by atoms with Crippen molar-refractivity contribution < 1.29 is 4.79 Å². The molecule has 26 heavy (non-hydrogen) atoms. The third-order valence-electron chi connectivity index (χ3n) is 5.31. The number of nitrogens with zero attached hydrogens (tertiary/aromatic N) is 2. The third-order valence-corrected chi connectivity index (χ3v) is 6.41. The molecule has 1 amide bonds. The molecule has 0 atom stereocenters. The second-order valence-corrected chi connectivity index (χ2v) is 9.03. The Hall–Kier alpha value is -1.46. The number of thiazole rings is 1. The summed E-state index contributed by atoms with van der Waals surface area (Å²) < 4.78 is 1.25. The van der Waals surface area contributed by atoms with Gasteiger partial charge in [0.15, 0.2) is 0 Å². The minimum Gasteiger partial charge on any atom is -0.354 e. The van der Waals surface area contributed by atoms with Gasteiger partial charge in [0.1, 0.15) is 0 Å². The number of hydrogen-bond acceptors (Lipinski definition) is 4. The van der Waals surface area contributed by atoms with Crippen molar-refractivity contribution in [1.29, 1.82) is 0 Å². The third kappa shape index (κ3) is 5.27. The molecule has 1 aliphatic rings. The van der Waals surface area contributed by atoms with Crippen LogP contribution in [0.4, 0.5) is 0 Å². The van der Waals surface area contributed by atoms with Gasteiger partial charge in [-0.3, -0.25) is 9.69 Å². The van der Waals surface area contributed by atoms with E-state index in [1.165, 1.54) is 29.0 Å². The number of nitrogens with one attached hydrogen (secondary N) is 1. The van der Waals surface area contributed by atoms with E-state index in [4.69, 9.17) is 0 Å². The van der Waals surface area contributed by atoms with Crippen LogP contribution in [0.5, 0.6) is 0 Å². The molecule has 1 fully saturated rings. The first kappa shape index (κ1) is 19.3. The van der Waals surface area contributed by atoms with Crippen molar-refractivity contribution in [1.82, 2.24) is 15.2 Å². The highest BCUT2D eigenvalue weighted by molar-refractivity contribution is 7.18. The van der Waals surface area contributed by atoms with Crippen molar-refractivity contribution in [3.63, 3.8) is 0 Å². The maximum atomic E-state index is 12.2. The Bertz CT molecular complexity index is 686. The van der Waals surface area contributed by atoms with E-state index in [2.05, 4.69) is 47.2 Å². The van der Waals surface area contributed by atoms with Gasteiger partial charge in [0.05, 0.1) is 15.2 Å². The molecule has 0 bridgehead atoms. The molecule has 1 aromatic heterocycles. The zero-order valence-corrected chi connectivity index (χ0v) is 16.9. The molecular formula is C21H31N3OS.